The van der Waals surface area contributed by atoms with E-state index in [1.165, 1.54) is 43.3 Å². The van der Waals surface area contributed by atoms with Crippen LogP contribution in [0.25, 0.3) is 0 Å². The Kier molecular flexibility index (Phi) is 8.16. The number of amides is 1. The fourth-order valence-electron chi connectivity index (χ4n) is 2.43. The first-order chi connectivity index (χ1) is 14.3. The van der Waals surface area contributed by atoms with Crippen LogP contribution in [0.4, 0.5) is 11.4 Å². The van der Waals surface area contributed by atoms with E-state index in [0.29, 0.717) is 30.4 Å². The van der Waals surface area contributed by atoms with Gasteiger partial charge in [-0.15, -0.1) is 0 Å². The molecule has 1 atom stereocenters. The number of ether oxygens (including phenoxy) is 3. The van der Waals surface area contributed by atoms with E-state index in [2.05, 4.69) is 5.32 Å². The summed E-state index contributed by atoms with van der Waals surface area (Å²) in [5.41, 5.74) is 0.478. The van der Waals surface area contributed by atoms with Crippen molar-refractivity contribution < 1.29 is 28.7 Å². The van der Waals surface area contributed by atoms with E-state index in [9.17, 15) is 19.7 Å². The molecule has 160 valence electrons. The first-order valence-electron chi connectivity index (χ1n) is 9.51. The molecule has 0 aliphatic rings. The zero-order valence-electron chi connectivity index (χ0n) is 17.0. The third kappa shape index (κ3) is 6.20. The molecule has 2 aromatic carbocycles. The number of esters is 1. The summed E-state index contributed by atoms with van der Waals surface area (Å²) < 4.78 is 16.4. The van der Waals surface area contributed by atoms with Gasteiger partial charge in [0.05, 0.1) is 23.7 Å². The largest absolute Gasteiger partial charge is 0.490 e. The monoisotopic (exact) mass is 416 g/mol. The van der Waals surface area contributed by atoms with Gasteiger partial charge in [0.1, 0.15) is 0 Å². The fourth-order valence-corrected chi connectivity index (χ4v) is 2.43. The van der Waals surface area contributed by atoms with Crippen LogP contribution in [-0.4, -0.2) is 36.1 Å². The first-order valence-corrected chi connectivity index (χ1v) is 9.51. The lowest BCUT2D eigenvalue weighted by atomic mass is 10.2. The molecule has 0 spiro atoms. The Morgan fingerprint density at radius 2 is 1.77 bits per heavy atom. The number of carbonyl (C=O) groups is 2. The second-order valence-electron chi connectivity index (χ2n) is 6.28. The van der Waals surface area contributed by atoms with Gasteiger partial charge in [0, 0.05) is 17.8 Å². The second-order valence-corrected chi connectivity index (χ2v) is 6.28. The third-order valence-corrected chi connectivity index (χ3v) is 3.94. The number of nitrogens with zero attached hydrogens (tertiary/aromatic N) is 1. The minimum absolute atomic E-state index is 0.0936. The lowest BCUT2D eigenvalue weighted by molar-refractivity contribution is -0.384. The van der Waals surface area contributed by atoms with E-state index >= 15 is 0 Å². The van der Waals surface area contributed by atoms with Crippen molar-refractivity contribution in [1.82, 2.24) is 0 Å². The van der Waals surface area contributed by atoms with Gasteiger partial charge in [-0.25, -0.2) is 4.79 Å². The smallest absolute Gasteiger partial charge is 0.339 e. The number of nitrogens with one attached hydrogen (secondary N) is 1. The molecule has 0 heterocycles. The standard InChI is InChI=1S/C21H24N2O7/c1-4-12-29-18-11-6-15(13-19(18)28-5-2)21(25)30-14(3)20(24)22-16-7-9-17(10-8-16)23(26)27/h6-11,13-14H,4-5,12H2,1-3H3,(H,22,24). The van der Waals surface area contributed by atoms with E-state index in [4.69, 9.17) is 14.2 Å². The highest BCUT2D eigenvalue weighted by Crippen LogP contribution is 2.29. The summed E-state index contributed by atoms with van der Waals surface area (Å²) in [6.45, 7) is 6.15. The highest BCUT2D eigenvalue weighted by molar-refractivity contribution is 5.97. The molecule has 1 unspecified atom stereocenters. The van der Waals surface area contributed by atoms with E-state index in [1.54, 1.807) is 6.07 Å². The molecule has 2 rings (SSSR count). The van der Waals surface area contributed by atoms with Crippen molar-refractivity contribution in [2.75, 3.05) is 18.5 Å². The summed E-state index contributed by atoms with van der Waals surface area (Å²) >= 11 is 0. The van der Waals surface area contributed by atoms with Crippen molar-refractivity contribution in [1.29, 1.82) is 0 Å². The number of benzene rings is 2. The molecule has 0 saturated heterocycles. The molecule has 1 N–H and O–H groups in total. The van der Waals surface area contributed by atoms with E-state index in [-0.39, 0.29) is 11.3 Å². The lowest BCUT2D eigenvalue weighted by Gasteiger charge is -2.15. The summed E-state index contributed by atoms with van der Waals surface area (Å²) in [6.07, 6.45) is -0.254. The van der Waals surface area contributed by atoms with Crippen molar-refractivity contribution >= 4 is 23.3 Å². The van der Waals surface area contributed by atoms with Crippen molar-refractivity contribution in [3.05, 3.63) is 58.1 Å². The number of hydrogen-bond acceptors (Lipinski definition) is 7. The van der Waals surface area contributed by atoms with Gasteiger partial charge in [-0.3, -0.25) is 14.9 Å². The Hall–Kier alpha value is -3.62. The molecule has 1 amide bonds. The number of non-ortho nitro benzene ring substituents is 1. The number of rotatable bonds is 10. The Morgan fingerprint density at radius 1 is 1.07 bits per heavy atom. The zero-order chi connectivity index (χ0) is 22.1. The third-order valence-electron chi connectivity index (χ3n) is 3.94. The van der Waals surface area contributed by atoms with Gasteiger partial charge in [0.2, 0.25) is 0 Å². The van der Waals surface area contributed by atoms with Gasteiger partial charge in [-0.05, 0) is 50.6 Å². The Bertz CT molecular complexity index is 897. The normalized spacial score (nSPS) is 11.3. The molecule has 0 radical (unpaired) electrons. The maximum atomic E-state index is 12.4. The Morgan fingerprint density at radius 3 is 2.37 bits per heavy atom. The maximum Gasteiger partial charge on any atom is 0.339 e. The molecule has 0 aliphatic heterocycles. The van der Waals surface area contributed by atoms with E-state index in [0.717, 1.165) is 6.42 Å². The van der Waals surface area contributed by atoms with Crippen molar-refractivity contribution in [2.24, 2.45) is 0 Å². The summed E-state index contributed by atoms with van der Waals surface area (Å²) in [5.74, 6) is -0.308. The molecular formula is C21H24N2O7. The SMILES string of the molecule is CCCOc1ccc(C(=O)OC(C)C(=O)Nc2ccc([N+](=O)[O-])cc2)cc1OCC. The minimum Gasteiger partial charge on any atom is -0.490 e. The predicted octanol–water partition coefficient (Wildman–Crippen LogP) is 3.97. The number of nitro groups is 1. The molecule has 0 aromatic heterocycles. The maximum absolute atomic E-state index is 12.4. The van der Waals surface area contributed by atoms with Crippen LogP contribution in [0.5, 0.6) is 11.5 Å². The number of hydrogen-bond donors (Lipinski definition) is 1. The van der Waals surface area contributed by atoms with Crippen LogP contribution < -0.4 is 14.8 Å². The summed E-state index contributed by atoms with van der Waals surface area (Å²) in [5, 5.41) is 13.2. The quantitative estimate of drug-likeness (QED) is 0.354. The van der Waals surface area contributed by atoms with Gasteiger partial charge >= 0.3 is 5.97 Å². The number of carbonyl (C=O) groups excluding carboxylic acids is 2. The van der Waals surface area contributed by atoms with Crippen LogP contribution in [0.1, 0.15) is 37.6 Å². The lowest BCUT2D eigenvalue weighted by Crippen LogP contribution is -2.30. The van der Waals surface area contributed by atoms with Gasteiger partial charge in [-0.1, -0.05) is 6.92 Å². The van der Waals surface area contributed by atoms with Gasteiger partial charge in [0.25, 0.3) is 11.6 Å². The molecule has 30 heavy (non-hydrogen) atoms. The van der Waals surface area contributed by atoms with Crippen LogP contribution in [-0.2, 0) is 9.53 Å². The summed E-state index contributed by atoms with van der Waals surface area (Å²) in [6, 6.07) is 10.0. The number of anilines is 1. The van der Waals surface area contributed by atoms with E-state index in [1.807, 2.05) is 13.8 Å². The van der Waals surface area contributed by atoms with Crippen LogP contribution in [0.3, 0.4) is 0 Å². The molecule has 9 nitrogen and oxygen atoms in total. The second kappa shape index (κ2) is 10.8. The molecule has 0 fully saturated rings. The van der Waals surface area contributed by atoms with Crippen molar-refractivity contribution in [3.8, 4) is 11.5 Å². The number of nitro benzene ring substituents is 1. The van der Waals surface area contributed by atoms with Crippen LogP contribution in [0.2, 0.25) is 0 Å². The molecule has 2 aromatic rings. The average molecular weight is 416 g/mol. The Labute approximate surface area is 174 Å². The van der Waals surface area contributed by atoms with Crippen LogP contribution in [0.15, 0.2) is 42.5 Å². The topological polar surface area (TPSA) is 117 Å². The summed E-state index contributed by atoms with van der Waals surface area (Å²) in [7, 11) is 0. The van der Waals surface area contributed by atoms with Crippen LogP contribution in [0, 0.1) is 10.1 Å². The zero-order valence-corrected chi connectivity index (χ0v) is 17.0. The minimum atomic E-state index is -1.08. The van der Waals surface area contributed by atoms with Crippen LogP contribution >= 0.6 is 0 Å². The molecule has 0 aliphatic carbocycles. The summed E-state index contributed by atoms with van der Waals surface area (Å²) in [4.78, 5) is 34.9. The highest BCUT2D eigenvalue weighted by Gasteiger charge is 2.20. The fraction of sp³-hybridized carbons (Fsp3) is 0.333. The average Bonchev–Trinajstić information content (AvgIpc) is 2.73. The van der Waals surface area contributed by atoms with E-state index < -0.39 is 22.9 Å². The van der Waals surface area contributed by atoms with Crippen molar-refractivity contribution in [2.45, 2.75) is 33.3 Å². The van der Waals surface area contributed by atoms with Crippen molar-refractivity contribution in [3.63, 3.8) is 0 Å². The van der Waals surface area contributed by atoms with Gasteiger partial charge in [0.15, 0.2) is 17.6 Å². The molecular weight excluding hydrogens is 392 g/mol. The highest BCUT2D eigenvalue weighted by atomic mass is 16.6. The van der Waals surface area contributed by atoms with Gasteiger partial charge in [-0.2, -0.15) is 0 Å². The molecule has 9 heteroatoms. The molecule has 0 bridgehead atoms. The predicted molar refractivity (Wildman–Crippen MR) is 110 cm³/mol. The Balaban J connectivity index is 2.02. The first kappa shape index (κ1) is 22.7. The van der Waals surface area contributed by atoms with Gasteiger partial charge < -0.3 is 19.5 Å². The molecule has 0 saturated carbocycles.